The number of benzene rings is 2. The van der Waals surface area contributed by atoms with Gasteiger partial charge >= 0.3 is 0 Å². The van der Waals surface area contributed by atoms with Crippen molar-refractivity contribution in [3.05, 3.63) is 65.5 Å². The maximum Gasteiger partial charge on any atom is 0.255 e. The fraction of sp³-hybridized carbons (Fsp3) is 0.350. The smallest absolute Gasteiger partial charge is 0.255 e. The number of aliphatic hydroxyl groups is 1. The van der Waals surface area contributed by atoms with Gasteiger partial charge in [-0.3, -0.25) is 9.69 Å². The van der Waals surface area contributed by atoms with Crippen LogP contribution in [0.4, 0.5) is 10.1 Å². The molecule has 5 heteroatoms. The van der Waals surface area contributed by atoms with Crippen molar-refractivity contribution in [3.63, 3.8) is 0 Å². The van der Waals surface area contributed by atoms with Crippen LogP contribution in [0.2, 0.25) is 0 Å². The average molecular weight is 342 g/mol. The molecule has 1 aliphatic heterocycles. The minimum absolute atomic E-state index is 0.207. The largest absolute Gasteiger partial charge is 0.396 e. The Morgan fingerprint density at radius 2 is 1.72 bits per heavy atom. The van der Waals surface area contributed by atoms with Crippen molar-refractivity contribution in [2.45, 2.75) is 19.4 Å². The third kappa shape index (κ3) is 4.87. The molecule has 0 bridgehead atoms. The summed E-state index contributed by atoms with van der Waals surface area (Å²) in [6.45, 7) is 3.14. The molecular weight excluding hydrogens is 319 g/mol. The summed E-state index contributed by atoms with van der Waals surface area (Å²) in [6, 6.07) is 13.3. The fourth-order valence-corrected chi connectivity index (χ4v) is 3.08. The van der Waals surface area contributed by atoms with E-state index >= 15 is 0 Å². The number of amides is 1. The van der Waals surface area contributed by atoms with Crippen LogP contribution in [-0.4, -0.2) is 35.6 Å². The Morgan fingerprint density at radius 1 is 1.08 bits per heavy atom. The van der Waals surface area contributed by atoms with E-state index in [1.165, 1.54) is 29.8 Å². The van der Waals surface area contributed by atoms with Crippen LogP contribution in [-0.2, 0) is 6.54 Å². The van der Waals surface area contributed by atoms with Gasteiger partial charge in [-0.25, -0.2) is 4.39 Å². The third-order valence-corrected chi connectivity index (χ3v) is 4.69. The summed E-state index contributed by atoms with van der Waals surface area (Å²) in [5.41, 5.74) is 2.31. The molecule has 2 N–H and O–H groups in total. The van der Waals surface area contributed by atoms with E-state index in [1.807, 2.05) is 24.3 Å². The van der Waals surface area contributed by atoms with E-state index in [1.54, 1.807) is 0 Å². The molecule has 0 spiro atoms. The number of piperidine rings is 1. The highest BCUT2D eigenvalue weighted by molar-refractivity contribution is 6.04. The van der Waals surface area contributed by atoms with E-state index < -0.39 is 0 Å². The Hall–Kier alpha value is -2.24. The molecule has 25 heavy (non-hydrogen) atoms. The van der Waals surface area contributed by atoms with Crippen molar-refractivity contribution < 1.29 is 14.3 Å². The van der Waals surface area contributed by atoms with Gasteiger partial charge in [0, 0.05) is 24.4 Å². The van der Waals surface area contributed by atoms with Crippen molar-refractivity contribution in [1.82, 2.24) is 4.90 Å². The topological polar surface area (TPSA) is 52.6 Å². The number of carbonyl (C=O) groups is 1. The highest BCUT2D eigenvalue weighted by atomic mass is 19.1. The number of halogens is 1. The number of nitrogens with zero attached hydrogens (tertiary/aromatic N) is 1. The standard InChI is InChI=1S/C20H23FN2O2/c21-18-5-7-19(8-6-18)22-20(25)17-3-1-15(2-4-17)13-23-11-9-16(14-24)10-12-23/h1-8,16,24H,9-14H2,(H,22,25). The minimum Gasteiger partial charge on any atom is -0.396 e. The summed E-state index contributed by atoms with van der Waals surface area (Å²) >= 11 is 0. The average Bonchev–Trinajstić information content (AvgIpc) is 2.65. The lowest BCUT2D eigenvalue weighted by Crippen LogP contribution is -2.34. The molecule has 1 amide bonds. The SMILES string of the molecule is O=C(Nc1ccc(F)cc1)c1ccc(CN2CCC(CO)CC2)cc1. The zero-order valence-corrected chi connectivity index (χ0v) is 14.1. The van der Waals surface area contributed by atoms with Crippen molar-refractivity contribution in [1.29, 1.82) is 0 Å². The second-order valence-corrected chi connectivity index (χ2v) is 6.56. The maximum absolute atomic E-state index is 12.9. The van der Waals surface area contributed by atoms with E-state index in [0.29, 0.717) is 17.2 Å². The predicted octanol–water partition coefficient (Wildman–Crippen LogP) is 3.28. The Balaban J connectivity index is 1.54. The molecule has 1 heterocycles. The quantitative estimate of drug-likeness (QED) is 0.877. The summed E-state index contributed by atoms with van der Waals surface area (Å²) < 4.78 is 12.9. The van der Waals surface area contributed by atoms with Gasteiger partial charge in [-0.05, 0) is 73.8 Å². The first-order valence-corrected chi connectivity index (χ1v) is 8.63. The predicted molar refractivity (Wildman–Crippen MR) is 95.9 cm³/mol. The van der Waals surface area contributed by atoms with Gasteiger partial charge in [0.25, 0.3) is 5.91 Å². The lowest BCUT2D eigenvalue weighted by atomic mass is 9.97. The third-order valence-electron chi connectivity index (χ3n) is 4.69. The summed E-state index contributed by atoms with van der Waals surface area (Å²) in [5, 5.41) is 12.0. The molecule has 4 nitrogen and oxygen atoms in total. The molecule has 1 aliphatic rings. The van der Waals surface area contributed by atoms with Gasteiger partial charge in [0.05, 0.1) is 0 Å². The van der Waals surface area contributed by atoms with Gasteiger partial charge in [-0.2, -0.15) is 0 Å². The van der Waals surface area contributed by atoms with Gasteiger partial charge in [-0.15, -0.1) is 0 Å². The van der Waals surface area contributed by atoms with E-state index in [0.717, 1.165) is 32.5 Å². The number of hydrogen-bond acceptors (Lipinski definition) is 3. The van der Waals surface area contributed by atoms with E-state index in [9.17, 15) is 14.3 Å². The maximum atomic E-state index is 12.9. The molecule has 3 rings (SSSR count). The number of likely N-dealkylation sites (tertiary alicyclic amines) is 1. The number of rotatable bonds is 5. The second-order valence-electron chi connectivity index (χ2n) is 6.56. The van der Waals surface area contributed by atoms with Crippen LogP contribution in [0.5, 0.6) is 0 Å². The summed E-state index contributed by atoms with van der Waals surface area (Å²) in [6.07, 6.45) is 2.07. The molecule has 0 saturated carbocycles. The zero-order valence-electron chi connectivity index (χ0n) is 14.1. The zero-order chi connectivity index (χ0) is 17.6. The number of carbonyl (C=O) groups excluding carboxylic acids is 1. The molecular formula is C20H23FN2O2. The van der Waals surface area contributed by atoms with Gasteiger partial charge < -0.3 is 10.4 Å². The van der Waals surface area contributed by atoms with Crippen molar-refractivity contribution in [3.8, 4) is 0 Å². The van der Waals surface area contributed by atoms with Gasteiger partial charge in [0.15, 0.2) is 0 Å². The van der Waals surface area contributed by atoms with E-state index in [-0.39, 0.29) is 18.3 Å². The molecule has 0 atom stereocenters. The molecule has 2 aromatic carbocycles. The molecule has 1 fully saturated rings. The minimum atomic E-state index is -0.328. The lowest BCUT2D eigenvalue weighted by Gasteiger charge is -2.31. The molecule has 0 aromatic heterocycles. The number of hydrogen-bond donors (Lipinski definition) is 2. The first-order valence-electron chi connectivity index (χ1n) is 8.63. The summed E-state index contributed by atoms with van der Waals surface area (Å²) in [4.78, 5) is 14.6. The number of nitrogens with one attached hydrogen (secondary N) is 1. The van der Waals surface area contributed by atoms with Crippen LogP contribution in [0.3, 0.4) is 0 Å². The van der Waals surface area contributed by atoms with Gasteiger partial charge in [-0.1, -0.05) is 12.1 Å². The van der Waals surface area contributed by atoms with Gasteiger partial charge in [0.2, 0.25) is 0 Å². The Kier molecular flexibility index (Phi) is 5.79. The monoisotopic (exact) mass is 342 g/mol. The van der Waals surface area contributed by atoms with E-state index in [4.69, 9.17) is 0 Å². The Bertz CT molecular complexity index is 693. The van der Waals surface area contributed by atoms with Crippen LogP contribution < -0.4 is 5.32 Å². The number of aliphatic hydroxyl groups excluding tert-OH is 1. The highest BCUT2D eigenvalue weighted by Crippen LogP contribution is 2.19. The normalized spacial score (nSPS) is 15.9. The molecule has 2 aromatic rings. The first-order chi connectivity index (χ1) is 12.1. The van der Waals surface area contributed by atoms with Gasteiger partial charge in [0.1, 0.15) is 5.82 Å². The van der Waals surface area contributed by atoms with Crippen LogP contribution >= 0.6 is 0 Å². The Morgan fingerprint density at radius 3 is 2.32 bits per heavy atom. The van der Waals surface area contributed by atoms with E-state index in [2.05, 4.69) is 10.2 Å². The van der Waals surface area contributed by atoms with Crippen molar-refractivity contribution >= 4 is 11.6 Å². The lowest BCUT2D eigenvalue weighted by molar-refractivity contribution is 0.102. The van der Waals surface area contributed by atoms with Crippen LogP contribution in [0.25, 0.3) is 0 Å². The number of anilines is 1. The molecule has 132 valence electrons. The van der Waals surface area contributed by atoms with Crippen molar-refractivity contribution in [2.75, 3.05) is 25.0 Å². The molecule has 0 aliphatic carbocycles. The highest BCUT2D eigenvalue weighted by Gasteiger charge is 2.18. The second kappa shape index (κ2) is 8.23. The summed E-state index contributed by atoms with van der Waals surface area (Å²) in [5.74, 6) is -0.0962. The molecule has 0 radical (unpaired) electrons. The molecule has 0 unspecified atom stereocenters. The first kappa shape index (κ1) is 17.6. The molecule has 1 saturated heterocycles. The Labute approximate surface area is 147 Å². The fourth-order valence-electron chi connectivity index (χ4n) is 3.08. The van der Waals surface area contributed by atoms with Crippen LogP contribution in [0.15, 0.2) is 48.5 Å². The van der Waals surface area contributed by atoms with Crippen LogP contribution in [0, 0.1) is 11.7 Å². The van der Waals surface area contributed by atoms with Crippen LogP contribution in [0.1, 0.15) is 28.8 Å². The van der Waals surface area contributed by atoms with Crippen molar-refractivity contribution in [2.24, 2.45) is 5.92 Å². The summed E-state index contributed by atoms with van der Waals surface area (Å²) in [7, 11) is 0.